The van der Waals surface area contributed by atoms with Gasteiger partial charge in [-0.05, 0) is 79.1 Å². The van der Waals surface area contributed by atoms with Crippen molar-refractivity contribution in [3.8, 4) is 11.5 Å². The maximum absolute atomic E-state index is 13.9. The molecule has 0 aliphatic heterocycles. The van der Waals surface area contributed by atoms with E-state index in [1.807, 2.05) is 13.8 Å². The fraction of sp³-hybridized carbons (Fsp3) is 0.333. The number of hydrogen-bond donors (Lipinski definition) is 1. The summed E-state index contributed by atoms with van der Waals surface area (Å²) in [5, 5.41) is 2.84. The van der Waals surface area contributed by atoms with Gasteiger partial charge in [0.05, 0.1) is 24.8 Å². The smallest absolute Gasteiger partial charge is 0.264 e. The van der Waals surface area contributed by atoms with Gasteiger partial charge >= 0.3 is 0 Å². The van der Waals surface area contributed by atoms with Gasteiger partial charge in [-0.1, -0.05) is 26.0 Å². The standard InChI is InChI=1S/C30H36FN3O6S/c1-21(2)18-32-30(36)22(3)33(19-23-6-12-26(39-4)13-7-23)29(35)20-34(25-10-8-24(31)9-11-25)41(37,38)28-16-14-27(40-5)15-17-28/h6-17,21-22H,18-20H2,1-5H3,(H,32,36)/t22-/m1/s1. The molecule has 0 aliphatic carbocycles. The third-order valence-electron chi connectivity index (χ3n) is 6.40. The fourth-order valence-corrected chi connectivity index (χ4v) is 5.39. The number of anilines is 1. The number of nitrogens with zero attached hydrogens (tertiary/aromatic N) is 2. The monoisotopic (exact) mass is 585 g/mol. The summed E-state index contributed by atoms with van der Waals surface area (Å²) >= 11 is 0. The van der Waals surface area contributed by atoms with Crippen molar-refractivity contribution in [2.45, 2.75) is 38.3 Å². The second-order valence-corrected chi connectivity index (χ2v) is 11.7. The van der Waals surface area contributed by atoms with Gasteiger partial charge in [0.25, 0.3) is 10.0 Å². The van der Waals surface area contributed by atoms with Crippen LogP contribution < -0.4 is 19.1 Å². The van der Waals surface area contributed by atoms with Crippen molar-refractivity contribution in [2.75, 3.05) is 31.6 Å². The molecule has 0 saturated carbocycles. The lowest BCUT2D eigenvalue weighted by molar-refractivity contribution is -0.139. The van der Waals surface area contributed by atoms with E-state index in [-0.39, 0.29) is 29.0 Å². The average molecular weight is 586 g/mol. The summed E-state index contributed by atoms with van der Waals surface area (Å²) in [5.41, 5.74) is 0.811. The Labute approximate surface area is 240 Å². The number of benzene rings is 3. The van der Waals surface area contributed by atoms with E-state index in [1.165, 1.54) is 48.4 Å². The summed E-state index contributed by atoms with van der Waals surface area (Å²) in [4.78, 5) is 28.2. The molecule has 0 bridgehead atoms. The molecule has 11 heteroatoms. The Morgan fingerprint density at radius 2 is 1.39 bits per heavy atom. The highest BCUT2D eigenvalue weighted by molar-refractivity contribution is 7.92. The third kappa shape index (κ3) is 8.20. The van der Waals surface area contributed by atoms with Crippen LogP contribution in [0.4, 0.5) is 10.1 Å². The quantitative estimate of drug-likeness (QED) is 0.322. The molecule has 1 N–H and O–H groups in total. The molecular weight excluding hydrogens is 549 g/mol. The van der Waals surface area contributed by atoms with Crippen molar-refractivity contribution >= 4 is 27.5 Å². The molecule has 1 atom stereocenters. The zero-order valence-corrected chi connectivity index (χ0v) is 24.7. The molecule has 0 aromatic heterocycles. The minimum absolute atomic E-state index is 0.0406. The number of rotatable bonds is 13. The van der Waals surface area contributed by atoms with Gasteiger partial charge in [-0.25, -0.2) is 12.8 Å². The van der Waals surface area contributed by atoms with Gasteiger partial charge in [-0.15, -0.1) is 0 Å². The van der Waals surface area contributed by atoms with Crippen molar-refractivity contribution in [3.05, 3.63) is 84.2 Å². The highest BCUT2D eigenvalue weighted by Crippen LogP contribution is 2.26. The molecule has 0 radical (unpaired) electrons. The molecule has 0 unspecified atom stereocenters. The van der Waals surface area contributed by atoms with Crippen LogP contribution in [-0.2, 0) is 26.2 Å². The Morgan fingerprint density at radius 3 is 1.90 bits per heavy atom. The number of hydrogen-bond acceptors (Lipinski definition) is 6. The van der Waals surface area contributed by atoms with Gasteiger partial charge < -0.3 is 19.7 Å². The van der Waals surface area contributed by atoms with Gasteiger partial charge in [0.1, 0.15) is 29.9 Å². The van der Waals surface area contributed by atoms with Crippen LogP contribution in [0.2, 0.25) is 0 Å². The molecule has 0 heterocycles. The third-order valence-corrected chi connectivity index (χ3v) is 8.19. The Morgan fingerprint density at radius 1 is 0.854 bits per heavy atom. The topological polar surface area (TPSA) is 105 Å². The van der Waals surface area contributed by atoms with Crippen molar-refractivity contribution < 1.29 is 31.9 Å². The van der Waals surface area contributed by atoms with Gasteiger partial charge in [-0.3, -0.25) is 13.9 Å². The predicted molar refractivity (Wildman–Crippen MR) is 155 cm³/mol. The molecule has 2 amide bonds. The maximum atomic E-state index is 13.9. The summed E-state index contributed by atoms with van der Waals surface area (Å²) in [6.45, 7) is 5.33. The molecule has 0 saturated heterocycles. The zero-order chi connectivity index (χ0) is 30.2. The summed E-state index contributed by atoms with van der Waals surface area (Å²) in [5.74, 6) is -0.261. The number of nitrogens with one attached hydrogen (secondary N) is 1. The van der Waals surface area contributed by atoms with Crippen LogP contribution in [0.15, 0.2) is 77.7 Å². The van der Waals surface area contributed by atoms with E-state index >= 15 is 0 Å². The van der Waals surface area contributed by atoms with Gasteiger partial charge in [0, 0.05) is 13.1 Å². The minimum Gasteiger partial charge on any atom is -0.497 e. The summed E-state index contributed by atoms with van der Waals surface area (Å²) in [6.07, 6.45) is 0. The number of ether oxygens (including phenoxy) is 2. The van der Waals surface area contributed by atoms with E-state index in [4.69, 9.17) is 9.47 Å². The van der Waals surface area contributed by atoms with Crippen LogP contribution in [-0.4, -0.2) is 58.5 Å². The second kappa shape index (κ2) is 14.0. The Balaban J connectivity index is 2.00. The van der Waals surface area contributed by atoms with Crippen molar-refractivity contribution in [2.24, 2.45) is 5.92 Å². The maximum Gasteiger partial charge on any atom is 0.264 e. The normalized spacial score (nSPS) is 12.0. The first-order chi connectivity index (χ1) is 19.5. The minimum atomic E-state index is -4.28. The second-order valence-electron chi connectivity index (χ2n) is 9.85. The molecule has 220 valence electrons. The lowest BCUT2D eigenvalue weighted by atomic mass is 10.1. The Kier molecular flexibility index (Phi) is 10.7. The van der Waals surface area contributed by atoms with Gasteiger partial charge in [0.15, 0.2) is 0 Å². The zero-order valence-electron chi connectivity index (χ0n) is 23.8. The largest absolute Gasteiger partial charge is 0.497 e. The molecule has 3 aromatic carbocycles. The molecule has 0 spiro atoms. The van der Waals surface area contributed by atoms with Crippen LogP contribution in [0.3, 0.4) is 0 Å². The lowest BCUT2D eigenvalue weighted by Gasteiger charge is -2.32. The number of carbonyl (C=O) groups is 2. The first-order valence-corrected chi connectivity index (χ1v) is 14.5. The summed E-state index contributed by atoms with van der Waals surface area (Å²) < 4.78 is 52.6. The molecule has 0 aliphatic rings. The Hall–Kier alpha value is -4.12. The van der Waals surface area contributed by atoms with E-state index in [0.717, 1.165) is 16.4 Å². The SMILES string of the molecule is COc1ccc(CN(C(=O)CN(c2ccc(F)cc2)S(=O)(=O)c2ccc(OC)cc2)[C@H](C)C(=O)NCC(C)C)cc1. The number of sulfonamides is 1. The molecule has 0 fully saturated rings. The number of carbonyl (C=O) groups excluding carboxylic acids is 2. The first-order valence-electron chi connectivity index (χ1n) is 13.1. The number of amides is 2. The van der Waals surface area contributed by atoms with Crippen LogP contribution in [0.1, 0.15) is 26.3 Å². The number of halogens is 1. The molecular formula is C30H36FN3O6S. The van der Waals surface area contributed by atoms with Gasteiger partial charge in [0.2, 0.25) is 11.8 Å². The van der Waals surface area contributed by atoms with Crippen LogP contribution in [0.5, 0.6) is 11.5 Å². The molecule has 41 heavy (non-hydrogen) atoms. The number of methoxy groups -OCH3 is 2. The van der Waals surface area contributed by atoms with Crippen LogP contribution in [0.25, 0.3) is 0 Å². The van der Waals surface area contributed by atoms with E-state index in [1.54, 1.807) is 38.3 Å². The highest BCUT2D eigenvalue weighted by Gasteiger charge is 2.32. The van der Waals surface area contributed by atoms with Gasteiger partial charge in [-0.2, -0.15) is 0 Å². The molecule has 9 nitrogen and oxygen atoms in total. The van der Waals surface area contributed by atoms with E-state index in [0.29, 0.717) is 23.6 Å². The average Bonchev–Trinajstić information content (AvgIpc) is 2.97. The van der Waals surface area contributed by atoms with E-state index in [9.17, 15) is 22.4 Å². The van der Waals surface area contributed by atoms with Crippen LogP contribution >= 0.6 is 0 Å². The van der Waals surface area contributed by atoms with Crippen molar-refractivity contribution in [1.29, 1.82) is 0 Å². The Bertz CT molecular complexity index is 1410. The van der Waals surface area contributed by atoms with Crippen LogP contribution in [0, 0.1) is 11.7 Å². The summed E-state index contributed by atoms with van der Waals surface area (Å²) in [6, 6.07) is 16.6. The molecule has 3 rings (SSSR count). The first kappa shape index (κ1) is 31.4. The summed E-state index contributed by atoms with van der Waals surface area (Å²) in [7, 11) is -1.28. The van der Waals surface area contributed by atoms with Crippen molar-refractivity contribution in [3.63, 3.8) is 0 Å². The fourth-order valence-electron chi connectivity index (χ4n) is 3.97. The van der Waals surface area contributed by atoms with E-state index < -0.39 is 34.3 Å². The highest BCUT2D eigenvalue weighted by atomic mass is 32.2. The van der Waals surface area contributed by atoms with E-state index in [2.05, 4.69) is 5.32 Å². The lowest BCUT2D eigenvalue weighted by Crippen LogP contribution is -2.51. The molecule has 3 aromatic rings. The van der Waals surface area contributed by atoms with Crippen molar-refractivity contribution in [1.82, 2.24) is 10.2 Å². The predicted octanol–water partition coefficient (Wildman–Crippen LogP) is 4.23.